The summed E-state index contributed by atoms with van der Waals surface area (Å²) in [5, 5.41) is 16.0. The van der Waals surface area contributed by atoms with E-state index in [1.165, 1.54) is 42.7 Å². The molecule has 4 aromatic heterocycles. The van der Waals surface area contributed by atoms with Crippen molar-refractivity contribution in [1.29, 1.82) is 0 Å². The van der Waals surface area contributed by atoms with Gasteiger partial charge in [-0.1, -0.05) is 24.3 Å². The van der Waals surface area contributed by atoms with Gasteiger partial charge >= 0.3 is 12.7 Å². The van der Waals surface area contributed by atoms with Crippen molar-refractivity contribution in [2.75, 3.05) is 22.6 Å². The fourth-order valence-electron chi connectivity index (χ4n) is 7.58. The van der Waals surface area contributed by atoms with Gasteiger partial charge in [-0.25, -0.2) is 27.4 Å². The van der Waals surface area contributed by atoms with Gasteiger partial charge in [-0.3, -0.25) is 0 Å². The van der Waals surface area contributed by atoms with E-state index in [0.29, 0.717) is 51.5 Å². The first kappa shape index (κ1) is 42.5. The third-order valence-electron chi connectivity index (χ3n) is 10.3. The van der Waals surface area contributed by atoms with Gasteiger partial charge in [0, 0.05) is 35.5 Å². The Labute approximate surface area is 341 Å². The minimum absolute atomic E-state index is 0.172. The predicted octanol–water partition coefficient (Wildman–Crippen LogP) is 8.29. The highest BCUT2D eigenvalue weighted by molar-refractivity contribution is 7.90. The lowest BCUT2D eigenvalue weighted by Crippen LogP contribution is -2.33. The van der Waals surface area contributed by atoms with E-state index < -0.39 is 22.6 Å². The van der Waals surface area contributed by atoms with E-state index in [9.17, 15) is 34.8 Å². The number of fused-ring (bicyclic) bond motifs is 2. The molecule has 13 nitrogen and oxygen atoms in total. The number of benzene rings is 2. The Morgan fingerprint density at radius 2 is 1.10 bits per heavy atom. The van der Waals surface area contributed by atoms with Crippen molar-refractivity contribution in [2.24, 2.45) is 11.7 Å². The number of sulfone groups is 1. The molecule has 0 spiro atoms. The molecule has 0 saturated heterocycles. The molecule has 4 N–H and O–H groups in total. The Morgan fingerprint density at radius 3 is 1.52 bits per heavy atom. The van der Waals surface area contributed by atoms with Gasteiger partial charge in [0.25, 0.3) is 0 Å². The van der Waals surface area contributed by atoms with E-state index in [1.807, 2.05) is 12.1 Å². The second kappa shape index (κ2) is 17.5. The molecule has 4 heterocycles. The van der Waals surface area contributed by atoms with E-state index in [4.69, 9.17) is 5.73 Å². The molecule has 320 valence electrons. The van der Waals surface area contributed by atoms with Gasteiger partial charge in [-0.2, -0.15) is 0 Å². The third kappa shape index (κ3) is 11.6. The van der Waals surface area contributed by atoms with Gasteiger partial charge in [0.2, 0.25) is 0 Å². The van der Waals surface area contributed by atoms with Crippen LogP contribution in [0.5, 0.6) is 11.5 Å². The number of nitrogens with one attached hydrogen (secondary N) is 2. The molecule has 0 unspecified atom stereocenters. The summed E-state index contributed by atoms with van der Waals surface area (Å²) in [5.41, 5.74) is 9.25. The smallest absolute Gasteiger partial charge is 0.406 e. The van der Waals surface area contributed by atoms with Gasteiger partial charge in [-0.05, 0) is 106 Å². The number of hydrogen-bond donors (Lipinski definition) is 3. The van der Waals surface area contributed by atoms with Gasteiger partial charge in [0.15, 0.2) is 11.3 Å². The van der Waals surface area contributed by atoms with Crippen LogP contribution in [0.15, 0.2) is 85.2 Å². The van der Waals surface area contributed by atoms with Crippen molar-refractivity contribution in [1.82, 2.24) is 29.2 Å². The van der Waals surface area contributed by atoms with Crippen LogP contribution in [0.1, 0.15) is 51.4 Å². The van der Waals surface area contributed by atoms with Crippen LogP contribution in [0.2, 0.25) is 0 Å². The van der Waals surface area contributed by atoms with Crippen LogP contribution in [0.25, 0.3) is 33.8 Å². The van der Waals surface area contributed by atoms with Crippen LogP contribution >= 0.6 is 0 Å². The predicted molar refractivity (Wildman–Crippen MR) is 213 cm³/mol. The first-order valence-corrected chi connectivity index (χ1v) is 21.4. The van der Waals surface area contributed by atoms with Gasteiger partial charge in [0.1, 0.15) is 33.0 Å². The Bertz CT molecular complexity index is 2510. The number of aromatic nitrogens is 6. The number of anilines is 2. The van der Waals surface area contributed by atoms with E-state index in [-0.39, 0.29) is 35.3 Å². The Balaban J connectivity index is 0.000000183. The average molecular weight is 860 g/mol. The molecule has 0 aliphatic heterocycles. The lowest BCUT2D eigenvalue weighted by Gasteiger charge is -2.29. The maximum atomic E-state index is 12.6. The van der Waals surface area contributed by atoms with Gasteiger partial charge in [0.05, 0.1) is 29.5 Å². The highest BCUT2D eigenvalue weighted by Crippen LogP contribution is 2.32. The summed E-state index contributed by atoms with van der Waals surface area (Å²) in [5.74, 6) is 1.11. The quantitative estimate of drug-likeness (QED) is 0.114. The lowest BCUT2D eigenvalue weighted by molar-refractivity contribution is -0.275. The van der Waals surface area contributed by atoms with Crippen LogP contribution in [0.4, 0.5) is 38.0 Å². The van der Waals surface area contributed by atoms with Crippen LogP contribution < -0.4 is 25.8 Å². The highest BCUT2D eigenvalue weighted by atomic mass is 32.2. The monoisotopic (exact) mass is 859 g/mol. The Hall–Kier alpha value is -5.63. The number of nitrogens with zero attached hydrogens (tertiary/aromatic N) is 6. The third-order valence-corrected chi connectivity index (χ3v) is 11.4. The van der Waals surface area contributed by atoms with Crippen molar-refractivity contribution in [2.45, 2.75) is 82.2 Å². The van der Waals surface area contributed by atoms with Crippen molar-refractivity contribution >= 4 is 32.8 Å². The minimum Gasteiger partial charge on any atom is -0.406 e. The number of nitrogens with two attached hydrogens (primary N) is 1. The van der Waals surface area contributed by atoms with E-state index in [2.05, 4.69) is 40.3 Å². The molecule has 60 heavy (non-hydrogen) atoms. The summed E-state index contributed by atoms with van der Waals surface area (Å²) < 4.78 is 109. The summed E-state index contributed by atoms with van der Waals surface area (Å²) >= 11 is 0. The topological polar surface area (TPSA) is 163 Å². The van der Waals surface area contributed by atoms with Crippen LogP contribution in [-0.4, -0.2) is 80.5 Å². The molecule has 0 amide bonds. The molecule has 8 rings (SSSR count). The minimum atomic E-state index is -4.77. The molecular weight excluding hydrogens is 817 g/mol. The van der Waals surface area contributed by atoms with Crippen LogP contribution in [0.3, 0.4) is 0 Å². The van der Waals surface area contributed by atoms with Crippen molar-refractivity contribution in [3.05, 3.63) is 85.2 Å². The summed E-state index contributed by atoms with van der Waals surface area (Å²) in [6.45, 7) is 0. The maximum absolute atomic E-state index is 12.6. The summed E-state index contributed by atoms with van der Waals surface area (Å²) in [6, 6.07) is 19.4. The van der Waals surface area contributed by atoms with Crippen molar-refractivity contribution in [3.8, 4) is 34.0 Å². The number of rotatable bonds is 10. The first-order chi connectivity index (χ1) is 28.4. The fourth-order valence-corrected chi connectivity index (χ4v) is 8.77. The average Bonchev–Trinajstić information content (AvgIpc) is 3.79. The van der Waals surface area contributed by atoms with Crippen molar-refractivity contribution in [3.63, 3.8) is 0 Å². The molecule has 2 saturated carbocycles. The zero-order valence-corrected chi connectivity index (χ0v) is 33.1. The zero-order valence-electron chi connectivity index (χ0n) is 32.3. The number of hydrogen-bond acceptors (Lipinski definition) is 11. The SMILES string of the molecule is CS(=O)(=O)CC1CCC(Nc2ccc3ncc(-c4cccc(OC(F)(F)F)c4)n3n2)CC1.NC1CCC(Nc2ccc3ncc(-c4cccc(OC(F)(F)F)c4)n3n2)CC1. The molecule has 0 radical (unpaired) electrons. The standard InChI is InChI=1S/C21H23F3N4O3S.C19H20F3N5O/c1-32(29,30)13-14-5-7-16(8-6-14)26-19-9-10-20-25-12-18(28(20)27-19)15-3-2-4-17(11-15)31-21(22,23)24;20-19(21,22)28-15-3-1-2-12(10-15)16-11-24-18-9-8-17(26-27(16)18)25-14-6-4-13(23)5-7-14/h2-4,9-12,14,16H,5-8,13H2,1H3,(H,26,27);1-3,8-11,13-14H,4-7,23H2,(H,25,26). The van der Waals surface area contributed by atoms with Crippen LogP contribution in [-0.2, 0) is 9.84 Å². The number of alkyl halides is 6. The zero-order chi connectivity index (χ0) is 42.7. The number of halogens is 6. The van der Waals surface area contributed by atoms with Gasteiger partial charge in [-0.15, -0.1) is 36.5 Å². The first-order valence-electron chi connectivity index (χ1n) is 19.3. The molecule has 20 heteroatoms. The van der Waals surface area contributed by atoms with Crippen molar-refractivity contribution < 1.29 is 44.2 Å². The fraction of sp³-hybridized carbons (Fsp3) is 0.400. The number of imidazole rings is 2. The van der Waals surface area contributed by atoms with E-state index in [1.54, 1.807) is 45.7 Å². The van der Waals surface area contributed by atoms with Crippen LogP contribution in [0, 0.1) is 5.92 Å². The Kier molecular flexibility index (Phi) is 12.4. The van der Waals surface area contributed by atoms with Gasteiger partial charge < -0.3 is 25.8 Å². The second-order valence-electron chi connectivity index (χ2n) is 15.1. The molecule has 0 atom stereocenters. The molecule has 6 aromatic rings. The molecular formula is C40H43F6N9O4S. The van der Waals surface area contributed by atoms with E-state index >= 15 is 0 Å². The summed E-state index contributed by atoms with van der Waals surface area (Å²) in [4.78, 5) is 8.57. The molecule has 2 aliphatic carbocycles. The summed E-state index contributed by atoms with van der Waals surface area (Å²) in [7, 11) is -2.98. The normalized spacial score (nSPS) is 20.0. The largest absolute Gasteiger partial charge is 0.573 e. The molecule has 0 bridgehead atoms. The lowest BCUT2D eigenvalue weighted by atomic mass is 9.87. The molecule has 2 aromatic carbocycles. The molecule has 2 aliphatic rings. The van der Waals surface area contributed by atoms with E-state index in [0.717, 1.165) is 51.4 Å². The summed E-state index contributed by atoms with van der Waals surface area (Å²) in [6.07, 6.45) is 2.14. The molecule has 2 fully saturated rings. The Morgan fingerprint density at radius 1 is 0.667 bits per heavy atom. The second-order valence-corrected chi connectivity index (χ2v) is 17.3. The maximum Gasteiger partial charge on any atom is 0.573 e. The highest BCUT2D eigenvalue weighted by Gasteiger charge is 2.32. The number of ether oxygens (including phenoxy) is 2.